The monoisotopic (exact) mass is 328 g/mol. The van der Waals surface area contributed by atoms with Crippen LogP contribution < -0.4 is 10.8 Å². The van der Waals surface area contributed by atoms with Crippen LogP contribution in [0.3, 0.4) is 0 Å². The van der Waals surface area contributed by atoms with E-state index in [1.165, 1.54) is 104 Å². The molecule has 0 saturated heterocycles. The molecule has 0 amide bonds. The summed E-state index contributed by atoms with van der Waals surface area (Å²) in [6, 6.07) is 0. The van der Waals surface area contributed by atoms with E-state index in [1.54, 1.807) is 0 Å². The van der Waals surface area contributed by atoms with Gasteiger partial charge in [0.05, 0.1) is 14.1 Å². The summed E-state index contributed by atoms with van der Waals surface area (Å²) in [5.41, 5.74) is 5.47. The third-order valence-electron chi connectivity index (χ3n) is 3.72. The Balaban J connectivity index is 0. The van der Waals surface area contributed by atoms with E-state index in [-0.39, 0.29) is 5.06 Å². The molecule has 0 radical (unpaired) electrons. The van der Waals surface area contributed by atoms with Gasteiger partial charge >= 0.3 is 0 Å². The van der Waals surface area contributed by atoms with E-state index in [9.17, 15) is 5.21 Å². The van der Waals surface area contributed by atoms with Crippen molar-refractivity contribution in [2.24, 2.45) is 5.73 Å². The van der Waals surface area contributed by atoms with Gasteiger partial charge in [-0.25, -0.2) is 0 Å². The van der Waals surface area contributed by atoms with E-state index < -0.39 is 0 Å². The van der Waals surface area contributed by atoms with E-state index >= 15 is 0 Å². The van der Waals surface area contributed by atoms with Gasteiger partial charge in [-0.1, -0.05) is 76.9 Å². The Kier molecular flexibility index (Phi) is 25.8. The fraction of sp³-hybridized carbons (Fsp3) is 0.900. The summed E-state index contributed by atoms with van der Waals surface area (Å²) in [5.74, 6) is 0. The lowest BCUT2D eigenvalue weighted by molar-refractivity contribution is -0.802. The maximum Gasteiger partial charge on any atom is 0.0660 e. The molecule has 0 fully saturated rings. The van der Waals surface area contributed by atoms with Crippen LogP contribution in [-0.2, 0) is 0 Å². The molecule has 3 nitrogen and oxygen atoms in total. The molecule has 0 unspecified atom stereocenters. The number of rotatable bonds is 15. The standard InChI is InChI=1S/C18H37N.C2H7NO/c1-2-3-4-5-6-7-8-9-10-11-12-13-14-15-16-17-18-19;1-3(2)4/h9-10H,2-8,11-19H2,1H3;3H,1-2H3/b10-9-;. The molecule has 0 saturated carbocycles. The zero-order valence-electron chi connectivity index (χ0n) is 16.2. The van der Waals surface area contributed by atoms with Crippen LogP contribution in [0.25, 0.3) is 0 Å². The largest absolute Gasteiger partial charge is 0.635 e. The maximum absolute atomic E-state index is 9.44. The highest BCUT2D eigenvalue weighted by molar-refractivity contribution is 4.81. The van der Waals surface area contributed by atoms with Gasteiger partial charge < -0.3 is 16.0 Å². The highest BCUT2D eigenvalue weighted by Gasteiger charge is 1.90. The molecule has 0 aliphatic rings. The second-order valence-corrected chi connectivity index (χ2v) is 6.63. The van der Waals surface area contributed by atoms with Crippen LogP contribution in [0.1, 0.15) is 96.8 Å². The van der Waals surface area contributed by atoms with Gasteiger partial charge in [0, 0.05) is 0 Å². The van der Waals surface area contributed by atoms with Crippen LogP contribution in [0, 0.1) is 5.21 Å². The van der Waals surface area contributed by atoms with E-state index in [0.717, 1.165) is 6.54 Å². The van der Waals surface area contributed by atoms with Crippen molar-refractivity contribution in [3.63, 3.8) is 0 Å². The van der Waals surface area contributed by atoms with E-state index in [4.69, 9.17) is 5.73 Å². The van der Waals surface area contributed by atoms with Crippen LogP contribution in [-0.4, -0.2) is 20.6 Å². The van der Waals surface area contributed by atoms with Crippen LogP contribution in [0.5, 0.6) is 0 Å². The molecule has 23 heavy (non-hydrogen) atoms. The first-order chi connectivity index (χ1) is 11.1. The number of nitrogens with one attached hydrogen (secondary N) is 1. The molecule has 0 aromatic heterocycles. The van der Waals surface area contributed by atoms with Crippen molar-refractivity contribution < 1.29 is 5.06 Å². The van der Waals surface area contributed by atoms with E-state index in [1.807, 2.05) is 0 Å². The van der Waals surface area contributed by atoms with Gasteiger partial charge in [-0.15, -0.1) is 0 Å². The lowest BCUT2D eigenvalue weighted by Crippen LogP contribution is -3.00. The van der Waals surface area contributed by atoms with Gasteiger partial charge in [0.25, 0.3) is 0 Å². The van der Waals surface area contributed by atoms with E-state index in [2.05, 4.69) is 19.1 Å². The summed E-state index contributed by atoms with van der Waals surface area (Å²) in [5, 5.41) is 9.61. The molecule has 3 N–H and O–H groups in total. The zero-order valence-corrected chi connectivity index (χ0v) is 16.2. The third-order valence-corrected chi connectivity index (χ3v) is 3.72. The minimum atomic E-state index is 0.167. The molecule has 0 aliphatic carbocycles. The second-order valence-electron chi connectivity index (χ2n) is 6.63. The first-order valence-electron chi connectivity index (χ1n) is 9.97. The number of hydrogen-bond acceptors (Lipinski definition) is 2. The van der Waals surface area contributed by atoms with Crippen LogP contribution in [0.2, 0.25) is 0 Å². The van der Waals surface area contributed by atoms with Crippen molar-refractivity contribution in [2.45, 2.75) is 96.8 Å². The fourth-order valence-electron chi connectivity index (χ4n) is 2.39. The molecule has 0 aromatic rings. The normalized spacial score (nSPS) is 11.0. The number of nitrogens with two attached hydrogens (primary N) is 1. The molecular formula is C20H44N2O. The molecule has 0 atom stereocenters. The lowest BCUT2D eigenvalue weighted by atomic mass is 10.1. The molecule has 3 heteroatoms. The fourth-order valence-corrected chi connectivity index (χ4v) is 2.39. The van der Waals surface area contributed by atoms with Gasteiger partial charge in [-0.05, 0) is 38.6 Å². The zero-order chi connectivity index (χ0) is 17.6. The van der Waals surface area contributed by atoms with Crippen LogP contribution in [0.15, 0.2) is 12.2 Å². The predicted octanol–water partition coefficient (Wildman–Crippen LogP) is 4.61. The molecule has 140 valence electrons. The smallest absolute Gasteiger partial charge is 0.0660 e. The quantitative estimate of drug-likeness (QED) is 0.262. The minimum Gasteiger partial charge on any atom is -0.635 e. The molecule has 0 rings (SSSR count). The number of allylic oxidation sites excluding steroid dienone is 2. The molecule has 0 bridgehead atoms. The minimum absolute atomic E-state index is 0.167. The molecule has 0 spiro atoms. The average Bonchev–Trinajstić information content (AvgIpc) is 2.50. The Bertz CT molecular complexity index is 215. The second kappa shape index (κ2) is 23.9. The summed E-state index contributed by atoms with van der Waals surface area (Å²) < 4.78 is 0. The number of unbranched alkanes of at least 4 members (excludes halogenated alkanes) is 12. The first kappa shape index (κ1) is 24.9. The summed E-state index contributed by atoms with van der Waals surface area (Å²) in [7, 11) is 3.06. The topological polar surface area (TPSA) is 53.5 Å². The lowest BCUT2D eigenvalue weighted by Gasteiger charge is -2.04. The van der Waals surface area contributed by atoms with E-state index in [0.29, 0.717) is 0 Å². The Morgan fingerprint density at radius 2 is 1.04 bits per heavy atom. The van der Waals surface area contributed by atoms with Gasteiger partial charge in [0.2, 0.25) is 0 Å². The summed E-state index contributed by atoms with van der Waals surface area (Å²) in [6.07, 6.45) is 23.9. The van der Waals surface area contributed by atoms with Crippen LogP contribution >= 0.6 is 0 Å². The van der Waals surface area contributed by atoms with Gasteiger partial charge in [-0.2, -0.15) is 0 Å². The van der Waals surface area contributed by atoms with Gasteiger partial charge in [0.15, 0.2) is 0 Å². The number of hydrogen-bond donors (Lipinski definition) is 2. The first-order valence-corrected chi connectivity index (χ1v) is 9.97. The Labute approximate surface area is 146 Å². The summed E-state index contributed by atoms with van der Waals surface area (Å²) in [4.78, 5) is 0. The highest BCUT2D eigenvalue weighted by Crippen LogP contribution is 2.09. The summed E-state index contributed by atoms with van der Waals surface area (Å²) >= 11 is 0. The Morgan fingerprint density at radius 3 is 1.43 bits per heavy atom. The molecular weight excluding hydrogens is 284 g/mol. The van der Waals surface area contributed by atoms with Crippen molar-refractivity contribution in [1.29, 1.82) is 0 Å². The van der Waals surface area contributed by atoms with Crippen LogP contribution in [0.4, 0.5) is 0 Å². The Hall–Kier alpha value is -0.380. The highest BCUT2D eigenvalue weighted by atomic mass is 16.5. The third kappa shape index (κ3) is 34.1. The van der Waals surface area contributed by atoms with Crippen molar-refractivity contribution in [2.75, 3.05) is 20.6 Å². The number of hydroxylamine groups is 2. The number of quaternary nitrogens is 1. The van der Waals surface area contributed by atoms with Crippen molar-refractivity contribution in [3.8, 4) is 0 Å². The maximum atomic E-state index is 9.44. The molecule has 0 aromatic carbocycles. The van der Waals surface area contributed by atoms with Gasteiger partial charge in [0.1, 0.15) is 0 Å². The average molecular weight is 329 g/mol. The Morgan fingerprint density at radius 1 is 0.696 bits per heavy atom. The summed E-state index contributed by atoms with van der Waals surface area (Å²) in [6.45, 7) is 3.14. The van der Waals surface area contributed by atoms with Crippen molar-refractivity contribution in [1.82, 2.24) is 0 Å². The predicted molar refractivity (Wildman–Crippen MR) is 105 cm³/mol. The van der Waals surface area contributed by atoms with Crippen molar-refractivity contribution >= 4 is 0 Å². The molecule has 0 heterocycles. The molecule has 0 aliphatic heterocycles. The SMILES string of the molecule is CCCCCCCC/C=C\CCCCCCCCN.C[NH+](C)[O-]. The van der Waals surface area contributed by atoms with Crippen molar-refractivity contribution in [3.05, 3.63) is 17.4 Å². The van der Waals surface area contributed by atoms with Gasteiger partial charge in [-0.3, -0.25) is 0 Å².